The second-order valence-electron chi connectivity index (χ2n) is 8.63. The molecule has 1 N–H and O–H groups in total. The van der Waals surface area contributed by atoms with Crippen LogP contribution in [0, 0.1) is 0 Å². The fourth-order valence-corrected chi connectivity index (χ4v) is 3.43. The molecule has 3 rings (SSSR count). The van der Waals surface area contributed by atoms with Crippen molar-refractivity contribution in [3.8, 4) is 0 Å². The number of ether oxygens (including phenoxy) is 2. The fraction of sp³-hybridized carbons (Fsp3) is 0.320. The second-order valence-corrected chi connectivity index (χ2v) is 8.63. The van der Waals surface area contributed by atoms with Crippen LogP contribution in [0.3, 0.4) is 0 Å². The Kier molecular flexibility index (Phi) is 7.23. The zero-order valence-electron chi connectivity index (χ0n) is 19.7. The molecule has 10 heteroatoms. The number of aromatic nitrogens is 1. The van der Waals surface area contributed by atoms with Crippen LogP contribution >= 0.6 is 0 Å². The lowest BCUT2D eigenvalue weighted by Crippen LogP contribution is -2.29. The topological polar surface area (TPSA) is 86.6 Å². The SMILES string of the molecule is CCOC(=O)c1c(NCC(=O)c2ccccc2)c2ccc(C(F)(F)F)cc2n1C(=O)OC(C)(C)C. The van der Waals surface area contributed by atoms with E-state index in [4.69, 9.17) is 9.47 Å². The van der Waals surface area contributed by atoms with Crippen LogP contribution in [0.5, 0.6) is 0 Å². The lowest BCUT2D eigenvalue weighted by atomic mass is 10.1. The molecule has 186 valence electrons. The summed E-state index contributed by atoms with van der Waals surface area (Å²) < 4.78 is 51.6. The van der Waals surface area contributed by atoms with Gasteiger partial charge >= 0.3 is 18.2 Å². The number of benzene rings is 2. The predicted molar refractivity (Wildman–Crippen MR) is 124 cm³/mol. The molecular formula is C25H25F3N2O5. The van der Waals surface area contributed by atoms with E-state index in [1.807, 2.05) is 0 Å². The average molecular weight is 490 g/mol. The van der Waals surface area contributed by atoms with Crippen molar-refractivity contribution < 1.29 is 37.0 Å². The maximum absolute atomic E-state index is 13.5. The van der Waals surface area contributed by atoms with Gasteiger partial charge in [0.15, 0.2) is 11.5 Å². The number of carbonyl (C=O) groups is 3. The molecule has 2 aromatic carbocycles. The van der Waals surface area contributed by atoms with E-state index in [1.165, 1.54) is 0 Å². The van der Waals surface area contributed by atoms with Gasteiger partial charge in [0.05, 0.1) is 29.9 Å². The Hall–Kier alpha value is -3.82. The predicted octanol–water partition coefficient (Wildman–Crippen LogP) is 5.91. The molecular weight excluding hydrogens is 465 g/mol. The summed E-state index contributed by atoms with van der Waals surface area (Å²) in [6.07, 6.45) is -5.76. The van der Waals surface area contributed by atoms with Gasteiger partial charge < -0.3 is 14.8 Å². The molecule has 0 bridgehead atoms. The zero-order chi connectivity index (χ0) is 26.0. The molecule has 7 nitrogen and oxygen atoms in total. The molecule has 0 atom stereocenters. The summed E-state index contributed by atoms with van der Waals surface area (Å²) in [5.41, 5.74) is -2.22. The monoisotopic (exact) mass is 490 g/mol. The van der Waals surface area contributed by atoms with Gasteiger partial charge in [0, 0.05) is 10.9 Å². The van der Waals surface area contributed by atoms with Gasteiger partial charge in [-0.1, -0.05) is 36.4 Å². The molecule has 0 fully saturated rings. The van der Waals surface area contributed by atoms with Crippen molar-refractivity contribution >= 4 is 34.4 Å². The highest BCUT2D eigenvalue weighted by Gasteiger charge is 2.35. The maximum atomic E-state index is 13.5. The van der Waals surface area contributed by atoms with Crippen molar-refractivity contribution in [1.29, 1.82) is 0 Å². The summed E-state index contributed by atoms with van der Waals surface area (Å²) in [4.78, 5) is 38.7. The van der Waals surface area contributed by atoms with Crippen molar-refractivity contribution in [2.24, 2.45) is 0 Å². The molecule has 0 aliphatic carbocycles. The minimum absolute atomic E-state index is 0.0117. The van der Waals surface area contributed by atoms with E-state index in [1.54, 1.807) is 58.0 Å². The number of alkyl halides is 3. The average Bonchev–Trinajstić information content (AvgIpc) is 3.10. The van der Waals surface area contributed by atoms with Crippen molar-refractivity contribution in [1.82, 2.24) is 4.57 Å². The molecule has 35 heavy (non-hydrogen) atoms. The molecule has 0 aliphatic heterocycles. The summed E-state index contributed by atoms with van der Waals surface area (Å²) in [6, 6.07) is 11.1. The highest BCUT2D eigenvalue weighted by atomic mass is 19.4. The Bertz CT molecular complexity index is 1260. The van der Waals surface area contributed by atoms with Gasteiger partial charge in [-0.25, -0.2) is 14.2 Å². The van der Waals surface area contributed by atoms with Crippen LogP contribution in [0.15, 0.2) is 48.5 Å². The van der Waals surface area contributed by atoms with E-state index in [0.717, 1.165) is 22.8 Å². The van der Waals surface area contributed by atoms with Gasteiger partial charge in [-0.2, -0.15) is 13.2 Å². The van der Waals surface area contributed by atoms with E-state index in [0.29, 0.717) is 5.56 Å². The van der Waals surface area contributed by atoms with Gasteiger partial charge in [0.25, 0.3) is 0 Å². The molecule has 0 saturated carbocycles. The largest absolute Gasteiger partial charge is 0.461 e. The number of fused-ring (bicyclic) bond motifs is 1. The Morgan fingerprint density at radius 2 is 1.66 bits per heavy atom. The molecule has 1 aromatic heterocycles. The Balaban J connectivity index is 2.21. The lowest BCUT2D eigenvalue weighted by Gasteiger charge is -2.21. The maximum Gasteiger partial charge on any atom is 0.419 e. The van der Waals surface area contributed by atoms with E-state index in [2.05, 4.69) is 5.32 Å². The molecule has 0 spiro atoms. The first-order valence-corrected chi connectivity index (χ1v) is 10.8. The van der Waals surface area contributed by atoms with Gasteiger partial charge in [0.2, 0.25) is 0 Å². The van der Waals surface area contributed by atoms with Crippen LogP contribution in [-0.4, -0.2) is 41.2 Å². The number of hydrogen-bond donors (Lipinski definition) is 1. The molecule has 0 radical (unpaired) electrons. The Labute approximate surface area is 199 Å². The smallest absolute Gasteiger partial charge is 0.419 e. The fourth-order valence-electron chi connectivity index (χ4n) is 3.43. The third-order valence-electron chi connectivity index (χ3n) is 4.86. The molecule has 3 aromatic rings. The number of nitrogens with zero attached hydrogens (tertiary/aromatic N) is 1. The molecule has 0 unspecified atom stereocenters. The van der Waals surface area contributed by atoms with E-state index >= 15 is 0 Å². The van der Waals surface area contributed by atoms with Gasteiger partial charge in [-0.15, -0.1) is 0 Å². The number of esters is 1. The van der Waals surface area contributed by atoms with Crippen molar-refractivity contribution in [3.05, 3.63) is 65.4 Å². The van der Waals surface area contributed by atoms with Crippen molar-refractivity contribution in [3.63, 3.8) is 0 Å². The lowest BCUT2D eigenvalue weighted by molar-refractivity contribution is -0.137. The second kappa shape index (κ2) is 9.81. The summed E-state index contributed by atoms with van der Waals surface area (Å²) in [5.74, 6) is -1.29. The van der Waals surface area contributed by atoms with Crippen LogP contribution in [0.1, 0.15) is 54.1 Å². The highest BCUT2D eigenvalue weighted by Crippen LogP contribution is 2.37. The number of anilines is 1. The first kappa shape index (κ1) is 25.8. The number of nitrogens with one attached hydrogen (secondary N) is 1. The minimum Gasteiger partial charge on any atom is -0.461 e. The van der Waals surface area contributed by atoms with Crippen molar-refractivity contribution in [2.45, 2.75) is 39.5 Å². The third-order valence-corrected chi connectivity index (χ3v) is 4.86. The van der Waals surface area contributed by atoms with Crippen molar-refractivity contribution in [2.75, 3.05) is 18.5 Å². The van der Waals surface area contributed by atoms with Crippen LogP contribution < -0.4 is 5.32 Å². The molecule has 0 saturated heterocycles. The van der Waals surface area contributed by atoms with Gasteiger partial charge in [-0.3, -0.25) is 4.79 Å². The number of carbonyl (C=O) groups excluding carboxylic acids is 3. The highest BCUT2D eigenvalue weighted by molar-refractivity contribution is 6.12. The summed E-state index contributed by atoms with van der Waals surface area (Å²) in [5, 5.41) is 2.95. The van der Waals surface area contributed by atoms with Crippen LogP contribution in [-0.2, 0) is 15.7 Å². The summed E-state index contributed by atoms with van der Waals surface area (Å²) in [6.45, 7) is 5.96. The summed E-state index contributed by atoms with van der Waals surface area (Å²) in [7, 11) is 0. The number of halogens is 3. The van der Waals surface area contributed by atoms with E-state index in [-0.39, 0.29) is 41.2 Å². The number of rotatable bonds is 6. The van der Waals surface area contributed by atoms with Gasteiger partial charge in [0.1, 0.15) is 5.60 Å². The Morgan fingerprint density at radius 3 is 2.23 bits per heavy atom. The first-order valence-electron chi connectivity index (χ1n) is 10.8. The van der Waals surface area contributed by atoms with E-state index < -0.39 is 29.4 Å². The molecule has 0 aliphatic rings. The van der Waals surface area contributed by atoms with E-state index in [9.17, 15) is 27.6 Å². The third kappa shape index (κ3) is 5.82. The number of ketones is 1. The van der Waals surface area contributed by atoms with Crippen LogP contribution in [0.4, 0.5) is 23.7 Å². The molecule has 1 heterocycles. The standard InChI is InChI=1S/C25H25F3N2O5/c1-5-34-22(32)21-20(29-14-19(31)15-9-7-6-8-10-15)17-12-11-16(25(26,27)28)13-18(17)30(21)23(33)35-24(2,3)4/h6-13,29H,5,14H2,1-4H3. The zero-order valence-corrected chi connectivity index (χ0v) is 19.7. The summed E-state index contributed by atoms with van der Waals surface area (Å²) >= 11 is 0. The normalized spacial score (nSPS) is 11.9. The van der Waals surface area contributed by atoms with Gasteiger partial charge in [-0.05, 0) is 39.8 Å². The van der Waals surface area contributed by atoms with Crippen LogP contribution in [0.25, 0.3) is 10.9 Å². The number of Topliss-reactive ketones (excluding diaryl/α,β-unsaturated/α-hetero) is 1. The Morgan fingerprint density at radius 1 is 1.00 bits per heavy atom. The van der Waals surface area contributed by atoms with Crippen LogP contribution in [0.2, 0.25) is 0 Å². The quantitative estimate of drug-likeness (QED) is 0.341. The minimum atomic E-state index is -4.70. The molecule has 0 amide bonds. The number of hydrogen-bond acceptors (Lipinski definition) is 6. The first-order chi connectivity index (χ1) is 16.3.